The third-order valence-electron chi connectivity index (χ3n) is 3.42. The van der Waals surface area contributed by atoms with Gasteiger partial charge < -0.3 is 8.99 Å². The van der Waals surface area contributed by atoms with Crippen molar-refractivity contribution in [3.05, 3.63) is 44.8 Å². The van der Waals surface area contributed by atoms with E-state index in [-0.39, 0.29) is 10.6 Å². The lowest BCUT2D eigenvalue weighted by Gasteiger charge is -2.32. The third kappa shape index (κ3) is 3.36. The molecular formula is C17H22BrNO2Si. The van der Waals surface area contributed by atoms with Crippen LogP contribution in [0.5, 0.6) is 0 Å². The molecule has 0 fully saturated rings. The van der Waals surface area contributed by atoms with E-state index in [0.717, 1.165) is 20.9 Å². The fourth-order valence-corrected chi connectivity index (χ4v) is 4.16. The van der Waals surface area contributed by atoms with Crippen molar-refractivity contribution in [2.75, 3.05) is 0 Å². The summed E-state index contributed by atoms with van der Waals surface area (Å²) in [4.78, 5) is 12.6. The summed E-state index contributed by atoms with van der Waals surface area (Å²) in [6.45, 7) is 10.5. The zero-order valence-electron chi connectivity index (χ0n) is 14.0. The fraction of sp³-hybridized carbons (Fsp3) is 0.471. The minimum Gasteiger partial charge on any atom is -0.406 e. The van der Waals surface area contributed by atoms with Gasteiger partial charge in [0, 0.05) is 22.3 Å². The van der Waals surface area contributed by atoms with E-state index < -0.39 is 5.60 Å². The van der Waals surface area contributed by atoms with E-state index in [9.17, 15) is 4.79 Å². The molecule has 22 heavy (non-hydrogen) atoms. The van der Waals surface area contributed by atoms with Gasteiger partial charge >= 0.3 is 0 Å². The van der Waals surface area contributed by atoms with Crippen molar-refractivity contribution in [1.82, 2.24) is 4.57 Å². The number of pyridine rings is 1. The standard InChI is InChI=1S/C17H22BrNO2Si/c1-16(2,3)22-21-17(4,5)14-13(18)11-9-7-8-10-12(11)15(20)19(14)6/h7-10H,1-6H3. The van der Waals surface area contributed by atoms with Crippen molar-refractivity contribution < 1.29 is 4.43 Å². The first kappa shape index (κ1) is 17.4. The molecule has 2 rings (SSSR count). The van der Waals surface area contributed by atoms with Crippen molar-refractivity contribution >= 4 is 36.5 Å². The Labute approximate surface area is 142 Å². The lowest BCUT2D eigenvalue weighted by atomic mass is 10.0. The van der Waals surface area contributed by atoms with Crippen LogP contribution < -0.4 is 5.56 Å². The number of hydrogen-bond donors (Lipinski definition) is 0. The zero-order chi connectivity index (χ0) is 16.7. The summed E-state index contributed by atoms with van der Waals surface area (Å²) in [5.74, 6) is 0. The molecule has 0 spiro atoms. The summed E-state index contributed by atoms with van der Waals surface area (Å²) in [6, 6.07) is 7.66. The predicted molar refractivity (Wildman–Crippen MR) is 96.5 cm³/mol. The van der Waals surface area contributed by atoms with E-state index in [4.69, 9.17) is 4.43 Å². The molecule has 0 bridgehead atoms. The van der Waals surface area contributed by atoms with Crippen LogP contribution in [0.1, 0.15) is 40.3 Å². The summed E-state index contributed by atoms with van der Waals surface area (Å²) < 4.78 is 8.80. The molecule has 0 saturated heterocycles. The van der Waals surface area contributed by atoms with Crippen LogP contribution in [-0.4, -0.2) is 14.3 Å². The van der Waals surface area contributed by atoms with Gasteiger partial charge in [0.05, 0.1) is 11.3 Å². The normalized spacial score (nSPS) is 12.9. The van der Waals surface area contributed by atoms with Crippen LogP contribution in [0.15, 0.2) is 33.5 Å². The van der Waals surface area contributed by atoms with Crippen LogP contribution in [0.3, 0.4) is 0 Å². The first-order valence-corrected chi connectivity index (χ1v) is 8.97. The molecule has 1 aromatic heterocycles. The highest BCUT2D eigenvalue weighted by atomic mass is 79.9. The van der Waals surface area contributed by atoms with Gasteiger partial charge in [0.25, 0.3) is 5.56 Å². The Morgan fingerprint density at radius 3 is 2.18 bits per heavy atom. The molecule has 5 heteroatoms. The molecule has 0 aliphatic rings. The quantitative estimate of drug-likeness (QED) is 0.740. The van der Waals surface area contributed by atoms with Crippen molar-refractivity contribution in [1.29, 1.82) is 0 Å². The van der Waals surface area contributed by atoms with Gasteiger partial charge in [0.1, 0.15) is 0 Å². The maximum absolute atomic E-state index is 12.6. The van der Waals surface area contributed by atoms with E-state index in [0.29, 0.717) is 9.76 Å². The van der Waals surface area contributed by atoms with Gasteiger partial charge in [-0.3, -0.25) is 4.79 Å². The van der Waals surface area contributed by atoms with E-state index in [1.807, 2.05) is 38.1 Å². The summed E-state index contributed by atoms with van der Waals surface area (Å²) in [7, 11) is 2.15. The molecule has 0 saturated carbocycles. The number of rotatable bonds is 3. The summed E-state index contributed by atoms with van der Waals surface area (Å²) in [5, 5.41) is 1.74. The highest BCUT2D eigenvalue weighted by Gasteiger charge is 2.30. The lowest BCUT2D eigenvalue weighted by Crippen LogP contribution is -2.34. The number of hydrogen-bond acceptors (Lipinski definition) is 2. The molecule has 0 amide bonds. The molecular weight excluding hydrogens is 358 g/mol. The molecule has 0 atom stereocenters. The first-order chi connectivity index (χ1) is 10.0. The van der Waals surface area contributed by atoms with Crippen molar-refractivity contribution in [3.8, 4) is 0 Å². The molecule has 0 unspecified atom stereocenters. The molecule has 0 aliphatic heterocycles. The van der Waals surface area contributed by atoms with Crippen LogP contribution in [0.25, 0.3) is 10.8 Å². The minimum absolute atomic E-state index is 0.00423. The SMILES string of the molecule is Cn1c(C(C)(C)O[Si]C(C)(C)C)c(Br)c2ccccc2c1=O. The van der Waals surface area contributed by atoms with Crippen LogP contribution in [0.2, 0.25) is 5.04 Å². The third-order valence-corrected chi connectivity index (χ3v) is 5.45. The Hall–Kier alpha value is -0.913. The van der Waals surface area contributed by atoms with Gasteiger partial charge in [-0.2, -0.15) is 0 Å². The largest absolute Gasteiger partial charge is 0.406 e. The second kappa shape index (κ2) is 5.94. The van der Waals surface area contributed by atoms with Crippen LogP contribution in [0, 0.1) is 0 Å². The number of aromatic nitrogens is 1. The molecule has 3 nitrogen and oxygen atoms in total. The van der Waals surface area contributed by atoms with E-state index in [1.54, 1.807) is 11.6 Å². The first-order valence-electron chi connectivity index (χ1n) is 7.27. The molecule has 2 radical (unpaired) electrons. The Kier molecular flexibility index (Phi) is 4.71. The maximum atomic E-state index is 12.6. The van der Waals surface area contributed by atoms with Gasteiger partial charge in [0.15, 0.2) is 0 Å². The van der Waals surface area contributed by atoms with Gasteiger partial charge in [-0.05, 0) is 40.9 Å². The number of fused-ring (bicyclic) bond motifs is 1. The Morgan fingerprint density at radius 1 is 1.09 bits per heavy atom. The molecule has 0 N–H and O–H groups in total. The predicted octanol–water partition coefficient (Wildman–Crippen LogP) is 4.39. The van der Waals surface area contributed by atoms with Crippen LogP contribution in [-0.2, 0) is 17.1 Å². The van der Waals surface area contributed by atoms with Gasteiger partial charge in [-0.15, -0.1) is 0 Å². The Morgan fingerprint density at radius 2 is 1.64 bits per heavy atom. The Balaban J connectivity index is 2.62. The van der Waals surface area contributed by atoms with E-state index >= 15 is 0 Å². The van der Waals surface area contributed by atoms with Crippen LogP contribution >= 0.6 is 15.9 Å². The minimum atomic E-state index is -0.553. The topological polar surface area (TPSA) is 31.2 Å². The maximum Gasteiger partial charge on any atom is 0.258 e. The monoisotopic (exact) mass is 379 g/mol. The fourth-order valence-electron chi connectivity index (χ4n) is 2.42. The number of nitrogens with zero attached hydrogens (tertiary/aromatic N) is 1. The van der Waals surface area contributed by atoms with E-state index in [2.05, 4.69) is 36.7 Å². The number of benzene rings is 1. The second-order valence-corrected chi connectivity index (χ2v) is 9.74. The van der Waals surface area contributed by atoms with Crippen molar-refractivity contribution in [2.24, 2.45) is 7.05 Å². The summed E-state index contributed by atoms with van der Waals surface area (Å²) >= 11 is 3.69. The van der Waals surface area contributed by atoms with Crippen molar-refractivity contribution in [3.63, 3.8) is 0 Å². The Bertz CT molecular complexity index is 760. The molecule has 2 aromatic rings. The van der Waals surface area contributed by atoms with Gasteiger partial charge in [-0.25, -0.2) is 0 Å². The number of halogens is 1. The van der Waals surface area contributed by atoms with Crippen molar-refractivity contribution in [2.45, 2.75) is 45.3 Å². The highest BCUT2D eigenvalue weighted by Crippen LogP contribution is 2.35. The molecule has 1 aromatic carbocycles. The highest BCUT2D eigenvalue weighted by molar-refractivity contribution is 9.10. The smallest absolute Gasteiger partial charge is 0.258 e. The summed E-state index contributed by atoms with van der Waals surface area (Å²) in [6.07, 6.45) is 0. The second-order valence-electron chi connectivity index (χ2n) is 7.04. The molecule has 0 aliphatic carbocycles. The van der Waals surface area contributed by atoms with Gasteiger partial charge in [-0.1, -0.05) is 39.0 Å². The molecule has 1 heterocycles. The zero-order valence-corrected chi connectivity index (χ0v) is 16.5. The van der Waals surface area contributed by atoms with Gasteiger partial charge in [0.2, 0.25) is 9.76 Å². The molecule has 118 valence electrons. The van der Waals surface area contributed by atoms with E-state index in [1.165, 1.54) is 0 Å². The van der Waals surface area contributed by atoms with Crippen LogP contribution in [0.4, 0.5) is 0 Å². The summed E-state index contributed by atoms with van der Waals surface area (Å²) in [5.41, 5.74) is 0.320. The average molecular weight is 380 g/mol. The average Bonchev–Trinajstić information content (AvgIpc) is 2.42. The lowest BCUT2D eigenvalue weighted by molar-refractivity contribution is 0.0991.